The maximum absolute atomic E-state index is 8.82. The fourth-order valence-corrected chi connectivity index (χ4v) is 0.671. The van der Waals surface area contributed by atoms with Crippen LogP contribution in [0.1, 0.15) is 20.8 Å². The molecule has 12 heavy (non-hydrogen) atoms. The van der Waals surface area contributed by atoms with E-state index in [0.29, 0.717) is 0 Å². The Kier molecular flexibility index (Phi) is 12.2. The lowest BCUT2D eigenvalue weighted by Gasteiger charge is -2.13. The molecule has 0 saturated heterocycles. The smallest absolute Gasteiger partial charge is 0.304 e. The molecule has 0 aliphatic carbocycles. The van der Waals surface area contributed by atoms with Crippen molar-refractivity contribution in [3.05, 3.63) is 10.1 Å². The van der Waals surface area contributed by atoms with E-state index in [1.54, 1.807) is 0 Å². The second-order valence-electron chi connectivity index (χ2n) is 1.91. The molecule has 74 valence electrons. The number of hydrogen-bond donors (Lipinski definition) is 0. The van der Waals surface area contributed by atoms with Gasteiger partial charge >= 0.3 is 5.09 Å². The molecule has 0 rings (SSSR count). The lowest BCUT2D eigenvalue weighted by Crippen LogP contribution is -2.21. The summed E-state index contributed by atoms with van der Waals surface area (Å²) in [5, 5.41) is 7.71. The zero-order chi connectivity index (χ0) is 9.98. The number of nitrogens with zero attached hydrogens (tertiary/aromatic N) is 2. The molecular weight excluding hydrogens is 184 g/mol. The number of halogens is 1. The number of hydrogen-bond acceptors (Lipinski definition) is 4. The van der Waals surface area contributed by atoms with Crippen molar-refractivity contribution >= 4 is 11.9 Å². The van der Waals surface area contributed by atoms with E-state index in [1.165, 1.54) is 19.6 Å². The van der Waals surface area contributed by atoms with E-state index < -0.39 is 5.09 Å². The predicted molar refractivity (Wildman–Crippen MR) is 47.4 cm³/mol. The van der Waals surface area contributed by atoms with Gasteiger partial charge in [0.2, 0.25) is 0 Å². The molecule has 0 N–H and O–H groups in total. The van der Waals surface area contributed by atoms with Crippen molar-refractivity contribution in [1.29, 1.82) is 0 Å². The highest BCUT2D eigenvalue weighted by Gasteiger charge is 1.89. The Morgan fingerprint density at radius 1 is 1.33 bits per heavy atom. The molecule has 0 aliphatic heterocycles. The first-order valence-corrected chi connectivity index (χ1v) is 4.08. The highest BCUT2D eigenvalue weighted by molar-refractivity contribution is 6.06. The first-order chi connectivity index (χ1) is 5.62. The second kappa shape index (κ2) is 10.4. The average molecular weight is 199 g/mol. The molecule has 0 fully saturated rings. The molecule has 6 heteroatoms. The van der Waals surface area contributed by atoms with Gasteiger partial charge in [-0.25, -0.2) is 0 Å². The van der Waals surface area contributed by atoms with E-state index >= 15 is 0 Å². The van der Waals surface area contributed by atoms with Gasteiger partial charge in [-0.05, 0) is 19.6 Å². The van der Waals surface area contributed by atoms with Crippen molar-refractivity contribution in [2.75, 3.05) is 19.6 Å². The fourth-order valence-electron chi connectivity index (χ4n) is 0.671. The van der Waals surface area contributed by atoms with Crippen molar-refractivity contribution in [2.24, 2.45) is 0 Å². The first-order valence-electron chi connectivity index (χ1n) is 3.77. The van der Waals surface area contributed by atoms with Crippen LogP contribution in [-0.2, 0) is 4.39 Å². The highest BCUT2D eigenvalue weighted by Crippen LogP contribution is 1.81. The van der Waals surface area contributed by atoms with Gasteiger partial charge in [-0.2, -0.15) is 4.39 Å². The second-order valence-corrected chi connectivity index (χ2v) is 2.05. The zero-order valence-corrected chi connectivity index (χ0v) is 8.37. The third-order valence-electron chi connectivity index (χ3n) is 1.40. The van der Waals surface area contributed by atoms with Gasteiger partial charge in [0.1, 0.15) is 11.9 Å². The third kappa shape index (κ3) is 12.2. The van der Waals surface area contributed by atoms with Crippen molar-refractivity contribution < 1.29 is 9.48 Å². The van der Waals surface area contributed by atoms with Gasteiger partial charge in [-0.15, -0.1) is 10.1 Å². The summed E-state index contributed by atoms with van der Waals surface area (Å²) in [6.45, 7) is 10.1. The molecule has 0 aliphatic rings. The van der Waals surface area contributed by atoms with E-state index in [1.807, 2.05) is 0 Å². The highest BCUT2D eigenvalue weighted by atomic mass is 35.5. The molecule has 0 unspecified atom stereocenters. The van der Waals surface area contributed by atoms with Crippen LogP contribution in [0.15, 0.2) is 0 Å². The molecule has 0 aromatic rings. The van der Waals surface area contributed by atoms with Crippen LogP contribution in [0.25, 0.3) is 0 Å². The van der Waals surface area contributed by atoms with E-state index in [0.717, 1.165) is 0 Å². The van der Waals surface area contributed by atoms with Crippen molar-refractivity contribution in [3.63, 3.8) is 0 Å². The Balaban J connectivity index is 0. The molecule has 0 aromatic carbocycles. The fraction of sp³-hybridized carbons (Fsp3) is 1.00. The van der Waals surface area contributed by atoms with Gasteiger partial charge in [0.25, 0.3) is 0 Å². The van der Waals surface area contributed by atoms with Crippen LogP contribution < -0.4 is 0 Å². The van der Waals surface area contributed by atoms with Gasteiger partial charge in [-0.1, -0.05) is 20.8 Å². The van der Waals surface area contributed by atoms with Gasteiger partial charge in [-0.3, -0.25) is 0 Å². The molecule has 0 spiro atoms. The molecule has 0 bridgehead atoms. The predicted octanol–water partition coefficient (Wildman–Crippen LogP) is 1.70. The third-order valence-corrected chi connectivity index (χ3v) is 1.51. The van der Waals surface area contributed by atoms with Crippen molar-refractivity contribution in [3.8, 4) is 0 Å². The van der Waals surface area contributed by atoms with Crippen molar-refractivity contribution in [2.45, 2.75) is 20.8 Å². The minimum Gasteiger partial charge on any atom is -0.304 e. The summed E-state index contributed by atoms with van der Waals surface area (Å²) in [5.74, 6) is 0. The maximum Gasteiger partial charge on any atom is 0.311 e. The minimum absolute atomic E-state index is 1.11. The quantitative estimate of drug-likeness (QED) is 0.510. The van der Waals surface area contributed by atoms with Crippen LogP contribution in [0.3, 0.4) is 0 Å². The van der Waals surface area contributed by atoms with Crippen LogP contribution in [0.5, 0.6) is 0 Å². The monoisotopic (exact) mass is 198 g/mol. The van der Waals surface area contributed by atoms with Gasteiger partial charge in [0, 0.05) is 0 Å². The topological polar surface area (TPSA) is 55.6 Å². The maximum atomic E-state index is 8.82. The molecule has 0 radical (unpaired) electrons. The average Bonchev–Trinajstić information content (AvgIpc) is 2.09. The van der Waals surface area contributed by atoms with Crippen LogP contribution in [0, 0.1) is 10.1 Å². The van der Waals surface area contributed by atoms with E-state index in [-0.39, 0.29) is 0 Å². The van der Waals surface area contributed by atoms with E-state index in [2.05, 4.69) is 41.9 Å². The summed E-state index contributed by atoms with van der Waals surface area (Å²) in [6, 6.07) is 0. The summed E-state index contributed by atoms with van der Waals surface area (Å²) in [4.78, 5) is 11.2. The molecule has 0 heterocycles. The molecule has 0 amide bonds. The first kappa shape index (κ1) is 14.0. The Hall–Kier alpha value is -0.550. The Morgan fingerprint density at radius 3 is 1.58 bits per heavy atom. The van der Waals surface area contributed by atoms with Crippen LogP contribution >= 0.6 is 11.9 Å². The van der Waals surface area contributed by atoms with Crippen LogP contribution in [0.2, 0.25) is 0 Å². The van der Waals surface area contributed by atoms with E-state index in [9.17, 15) is 0 Å². The SMILES string of the molecule is CCN(CC)CC.O=[N+]([O-])OCl. The lowest BCUT2D eigenvalue weighted by molar-refractivity contribution is -0.714. The van der Waals surface area contributed by atoms with Gasteiger partial charge < -0.3 is 4.90 Å². The van der Waals surface area contributed by atoms with Crippen molar-refractivity contribution in [1.82, 2.24) is 4.90 Å². The Bertz CT molecular complexity index is 103. The van der Waals surface area contributed by atoms with Crippen LogP contribution in [-0.4, -0.2) is 29.6 Å². The lowest BCUT2D eigenvalue weighted by atomic mass is 10.5. The Morgan fingerprint density at radius 2 is 1.58 bits per heavy atom. The molecule has 0 aromatic heterocycles. The summed E-state index contributed by atoms with van der Waals surface area (Å²) < 4.78 is 2.94. The number of rotatable bonds is 4. The summed E-state index contributed by atoms with van der Waals surface area (Å²) >= 11 is 4.14. The minimum atomic E-state index is -1.11. The Labute approximate surface area is 77.5 Å². The molecular formula is C6H15ClN2O3. The standard InChI is InChI=1S/C6H15N.ClNO3/c1-4-7(5-2)6-3;1-5-2(3)4/h4-6H2,1-3H3;. The van der Waals surface area contributed by atoms with Crippen LogP contribution in [0.4, 0.5) is 0 Å². The summed E-state index contributed by atoms with van der Waals surface area (Å²) in [7, 11) is 0. The molecule has 5 nitrogen and oxygen atoms in total. The molecule has 0 atom stereocenters. The van der Waals surface area contributed by atoms with E-state index in [4.69, 9.17) is 10.1 Å². The van der Waals surface area contributed by atoms with Gasteiger partial charge in [0.15, 0.2) is 0 Å². The molecule has 0 saturated carbocycles. The normalized spacial score (nSPS) is 8.75. The largest absolute Gasteiger partial charge is 0.311 e. The zero-order valence-electron chi connectivity index (χ0n) is 7.62. The van der Waals surface area contributed by atoms with Gasteiger partial charge in [0.05, 0.1) is 0 Å². The summed E-state index contributed by atoms with van der Waals surface area (Å²) in [5.41, 5.74) is 0. The summed E-state index contributed by atoms with van der Waals surface area (Å²) in [6.07, 6.45) is 0.